The van der Waals surface area contributed by atoms with E-state index in [1.54, 1.807) is 31.4 Å². The van der Waals surface area contributed by atoms with Gasteiger partial charge in [-0.3, -0.25) is 0 Å². The lowest BCUT2D eigenvalue weighted by Gasteiger charge is -2.20. The molecule has 0 bridgehead atoms. The lowest BCUT2D eigenvalue weighted by molar-refractivity contribution is -0.274. The van der Waals surface area contributed by atoms with Crippen LogP contribution < -0.4 is 14.8 Å². The van der Waals surface area contributed by atoms with Gasteiger partial charge in [0, 0.05) is 17.2 Å². The van der Waals surface area contributed by atoms with E-state index in [4.69, 9.17) is 4.74 Å². The standard InChI is InChI=1S/C33H33F4N5O3/c1-20(2)28-17-25(44-3)15-16-26(28)27-5-4-6-30(27)40-32(43)38-18-29(34)21-7-9-22(10-8-21)31-39-19-42(41-31)23-11-13-24(14-12-23)45-33(35,36)37/h7-17,19-20,27,29H,4-6,18H2,1-3H3,(H,38,43)/b40-30+. The van der Waals surface area contributed by atoms with E-state index in [2.05, 4.69) is 39.0 Å². The number of aliphatic imine (C=N–C) groups is 1. The monoisotopic (exact) mass is 623 g/mol. The summed E-state index contributed by atoms with van der Waals surface area (Å²) in [6, 6.07) is 17.2. The van der Waals surface area contributed by atoms with Gasteiger partial charge in [0.2, 0.25) is 0 Å². The second-order valence-corrected chi connectivity index (χ2v) is 11.0. The summed E-state index contributed by atoms with van der Waals surface area (Å²) in [7, 11) is 1.64. The van der Waals surface area contributed by atoms with Crippen molar-refractivity contribution in [2.75, 3.05) is 13.7 Å². The van der Waals surface area contributed by atoms with Gasteiger partial charge in [-0.25, -0.2) is 23.8 Å². The van der Waals surface area contributed by atoms with E-state index < -0.39 is 18.6 Å². The van der Waals surface area contributed by atoms with Crippen molar-refractivity contribution >= 4 is 11.7 Å². The molecule has 1 N–H and O–H groups in total. The number of amides is 2. The summed E-state index contributed by atoms with van der Waals surface area (Å²) >= 11 is 0. The number of carbonyl (C=O) groups is 1. The Balaban J connectivity index is 1.19. The van der Waals surface area contributed by atoms with Gasteiger partial charge in [-0.05, 0) is 78.3 Å². The minimum absolute atomic E-state index is 0.0348. The SMILES string of the molecule is COc1ccc(C2CCC/C2=N\C(=O)NCC(F)c2ccc(-c3ncn(-c4ccc(OC(F)(F)F)cc4)n3)cc2)c(C(C)C)c1. The maximum absolute atomic E-state index is 15.1. The van der Waals surface area contributed by atoms with Crippen LogP contribution in [0.25, 0.3) is 17.1 Å². The number of halogens is 4. The third-order valence-corrected chi connectivity index (χ3v) is 7.65. The topological polar surface area (TPSA) is 90.6 Å². The van der Waals surface area contributed by atoms with Crippen LogP contribution in [0.1, 0.15) is 67.8 Å². The largest absolute Gasteiger partial charge is 0.573 e. The Morgan fingerprint density at radius 1 is 1.07 bits per heavy atom. The molecular formula is C33H33F4N5O3. The van der Waals surface area contributed by atoms with E-state index in [1.165, 1.54) is 35.3 Å². The van der Waals surface area contributed by atoms with Crippen LogP contribution in [0.2, 0.25) is 0 Å². The smallest absolute Gasteiger partial charge is 0.497 e. The van der Waals surface area contributed by atoms with E-state index in [1.807, 2.05) is 18.2 Å². The van der Waals surface area contributed by atoms with Crippen molar-refractivity contribution in [3.8, 4) is 28.6 Å². The molecule has 2 amide bonds. The Kier molecular flexibility index (Phi) is 9.50. The summed E-state index contributed by atoms with van der Waals surface area (Å²) in [5.41, 5.74) is 4.57. The van der Waals surface area contributed by atoms with Crippen molar-refractivity contribution in [2.24, 2.45) is 4.99 Å². The Hall–Kier alpha value is -4.74. The molecule has 1 fully saturated rings. The molecule has 4 aromatic rings. The number of ether oxygens (including phenoxy) is 2. The van der Waals surface area contributed by atoms with Gasteiger partial charge in [-0.15, -0.1) is 18.3 Å². The molecule has 8 nitrogen and oxygen atoms in total. The molecule has 0 radical (unpaired) electrons. The van der Waals surface area contributed by atoms with Crippen molar-refractivity contribution < 1.29 is 31.8 Å². The fourth-order valence-electron chi connectivity index (χ4n) is 5.42. The van der Waals surface area contributed by atoms with Crippen LogP contribution in [0.4, 0.5) is 22.4 Å². The van der Waals surface area contributed by atoms with Crippen LogP contribution in [0.15, 0.2) is 78.0 Å². The number of benzene rings is 3. The summed E-state index contributed by atoms with van der Waals surface area (Å²) in [4.78, 5) is 21.3. The van der Waals surface area contributed by atoms with Crippen molar-refractivity contribution in [3.63, 3.8) is 0 Å². The molecular weight excluding hydrogens is 590 g/mol. The molecule has 2 unspecified atom stereocenters. The number of carbonyl (C=O) groups excluding carboxylic acids is 1. The normalized spacial score (nSPS) is 16.6. The van der Waals surface area contributed by atoms with Gasteiger partial charge in [0.1, 0.15) is 24.0 Å². The van der Waals surface area contributed by atoms with Crippen LogP contribution >= 0.6 is 0 Å². The van der Waals surface area contributed by atoms with Crippen molar-refractivity contribution in [1.82, 2.24) is 20.1 Å². The average molecular weight is 624 g/mol. The second kappa shape index (κ2) is 13.5. The number of rotatable bonds is 9. The van der Waals surface area contributed by atoms with Crippen LogP contribution in [-0.4, -0.2) is 46.5 Å². The number of urea groups is 1. The molecule has 1 saturated carbocycles. The highest BCUT2D eigenvalue weighted by Crippen LogP contribution is 2.38. The molecule has 3 aromatic carbocycles. The summed E-state index contributed by atoms with van der Waals surface area (Å²) in [5, 5.41) is 6.96. The molecule has 1 aliphatic rings. The molecule has 12 heteroatoms. The number of hydrogen-bond donors (Lipinski definition) is 1. The predicted octanol–water partition coefficient (Wildman–Crippen LogP) is 8.09. The summed E-state index contributed by atoms with van der Waals surface area (Å²) in [5.74, 6) is 1.10. The molecule has 5 rings (SSSR count). The number of nitrogens with zero attached hydrogens (tertiary/aromatic N) is 4. The maximum atomic E-state index is 15.1. The summed E-state index contributed by atoms with van der Waals surface area (Å²) in [6.07, 6.45) is -2.28. The highest BCUT2D eigenvalue weighted by atomic mass is 19.4. The number of nitrogens with one attached hydrogen (secondary N) is 1. The molecule has 1 heterocycles. The average Bonchev–Trinajstić information content (AvgIpc) is 3.69. The van der Waals surface area contributed by atoms with Gasteiger partial charge in [0.05, 0.1) is 19.3 Å². The van der Waals surface area contributed by atoms with Gasteiger partial charge < -0.3 is 14.8 Å². The zero-order valence-electron chi connectivity index (χ0n) is 25.0. The quantitative estimate of drug-likeness (QED) is 0.190. The minimum Gasteiger partial charge on any atom is -0.497 e. The van der Waals surface area contributed by atoms with Gasteiger partial charge in [0.15, 0.2) is 5.82 Å². The van der Waals surface area contributed by atoms with Crippen LogP contribution in [0, 0.1) is 0 Å². The summed E-state index contributed by atoms with van der Waals surface area (Å²) in [6.45, 7) is 4.01. The van der Waals surface area contributed by atoms with Crippen LogP contribution in [-0.2, 0) is 0 Å². The van der Waals surface area contributed by atoms with E-state index in [0.29, 0.717) is 29.1 Å². The first-order valence-corrected chi connectivity index (χ1v) is 14.6. The molecule has 0 spiro atoms. The van der Waals surface area contributed by atoms with E-state index >= 15 is 4.39 Å². The van der Waals surface area contributed by atoms with Gasteiger partial charge in [-0.2, -0.15) is 0 Å². The number of alkyl halides is 4. The maximum Gasteiger partial charge on any atom is 0.573 e. The molecule has 0 aliphatic heterocycles. The van der Waals surface area contributed by atoms with Gasteiger partial charge in [-0.1, -0.05) is 44.2 Å². The molecule has 236 valence electrons. The highest BCUT2D eigenvalue weighted by molar-refractivity contribution is 6.00. The van der Waals surface area contributed by atoms with Crippen LogP contribution in [0.3, 0.4) is 0 Å². The predicted molar refractivity (Wildman–Crippen MR) is 162 cm³/mol. The number of hydrogen-bond acceptors (Lipinski definition) is 5. The first-order valence-electron chi connectivity index (χ1n) is 14.6. The second-order valence-electron chi connectivity index (χ2n) is 11.0. The van der Waals surface area contributed by atoms with E-state index in [9.17, 15) is 18.0 Å². The molecule has 1 aliphatic carbocycles. The molecule has 45 heavy (non-hydrogen) atoms. The Morgan fingerprint density at radius 3 is 2.44 bits per heavy atom. The minimum atomic E-state index is -4.78. The lowest BCUT2D eigenvalue weighted by atomic mass is 9.87. The molecule has 0 saturated heterocycles. The van der Waals surface area contributed by atoms with E-state index in [0.717, 1.165) is 35.4 Å². The fourth-order valence-corrected chi connectivity index (χ4v) is 5.42. The Bertz CT molecular complexity index is 1650. The first kappa shape index (κ1) is 31.7. The first-order chi connectivity index (χ1) is 21.5. The lowest BCUT2D eigenvalue weighted by Crippen LogP contribution is -2.25. The summed E-state index contributed by atoms with van der Waals surface area (Å²) < 4.78 is 63.0. The Morgan fingerprint density at radius 2 is 1.78 bits per heavy atom. The third-order valence-electron chi connectivity index (χ3n) is 7.65. The van der Waals surface area contributed by atoms with Gasteiger partial charge >= 0.3 is 12.4 Å². The molecule has 1 aromatic heterocycles. The highest BCUT2D eigenvalue weighted by Gasteiger charge is 2.31. The molecule has 2 atom stereocenters. The zero-order valence-corrected chi connectivity index (χ0v) is 25.0. The number of methoxy groups -OCH3 is 1. The van der Waals surface area contributed by atoms with Crippen molar-refractivity contribution in [2.45, 2.75) is 57.5 Å². The zero-order chi connectivity index (χ0) is 32.1. The third kappa shape index (κ3) is 7.86. The van der Waals surface area contributed by atoms with Gasteiger partial charge in [0.25, 0.3) is 0 Å². The fraction of sp³-hybridized carbons (Fsp3) is 0.333. The number of aromatic nitrogens is 3. The van der Waals surface area contributed by atoms with Crippen LogP contribution in [0.5, 0.6) is 11.5 Å². The van der Waals surface area contributed by atoms with Crippen molar-refractivity contribution in [3.05, 3.63) is 89.7 Å². The van der Waals surface area contributed by atoms with E-state index in [-0.39, 0.29) is 24.1 Å². The van der Waals surface area contributed by atoms with Crippen molar-refractivity contribution in [1.29, 1.82) is 0 Å². The Labute approximate surface area is 258 Å².